The van der Waals surface area contributed by atoms with E-state index in [9.17, 15) is 0 Å². The van der Waals surface area contributed by atoms with Gasteiger partial charge in [0.2, 0.25) is 0 Å². The minimum absolute atomic E-state index is 0.406. The van der Waals surface area contributed by atoms with Gasteiger partial charge in [-0.15, -0.1) is 0 Å². The van der Waals surface area contributed by atoms with E-state index in [-0.39, 0.29) is 0 Å². The first kappa shape index (κ1) is 9.05. The molecule has 0 bridgehead atoms. The Labute approximate surface area is 87.4 Å². The molecule has 1 aromatic carbocycles. The van der Waals surface area contributed by atoms with Gasteiger partial charge in [-0.1, -0.05) is 6.07 Å². The molecule has 0 aliphatic carbocycles. The van der Waals surface area contributed by atoms with Gasteiger partial charge in [-0.05, 0) is 24.3 Å². The van der Waals surface area contributed by atoms with E-state index in [1.54, 1.807) is 12.1 Å². The lowest BCUT2D eigenvalue weighted by atomic mass is 10.1. The van der Waals surface area contributed by atoms with E-state index < -0.39 is 0 Å². The molecule has 0 atom stereocenters. The van der Waals surface area contributed by atoms with Crippen molar-refractivity contribution in [3.8, 4) is 17.8 Å². The highest BCUT2D eigenvalue weighted by Crippen LogP contribution is 2.17. The van der Waals surface area contributed by atoms with Crippen molar-refractivity contribution in [1.82, 2.24) is 4.57 Å². The predicted octanol–water partition coefficient (Wildman–Crippen LogP) is 2.22. The second-order valence-electron chi connectivity index (χ2n) is 3.01. The lowest BCUT2D eigenvalue weighted by Crippen LogP contribution is -1.96. The molecule has 70 valence electrons. The molecule has 0 radical (unpaired) electrons. The summed E-state index contributed by atoms with van der Waals surface area (Å²) in [7, 11) is 0. The zero-order valence-electron chi connectivity index (χ0n) is 7.88. The fraction of sp³-hybridized carbons (Fsp3) is 0. The molecule has 0 saturated carbocycles. The Bertz CT molecular complexity index is 554. The normalized spacial score (nSPS) is 9.20. The molecule has 0 saturated heterocycles. The van der Waals surface area contributed by atoms with Gasteiger partial charge in [0.25, 0.3) is 0 Å². The number of benzene rings is 1. The maximum absolute atomic E-state index is 9.01. The second-order valence-corrected chi connectivity index (χ2v) is 3.01. The summed E-state index contributed by atoms with van der Waals surface area (Å²) in [4.78, 5) is 0. The van der Waals surface area contributed by atoms with E-state index in [4.69, 9.17) is 10.5 Å². The van der Waals surface area contributed by atoms with Crippen molar-refractivity contribution in [1.29, 1.82) is 10.5 Å². The maximum atomic E-state index is 9.01. The molecule has 3 nitrogen and oxygen atoms in total. The minimum Gasteiger partial charge on any atom is -0.323 e. The topological polar surface area (TPSA) is 52.5 Å². The standard InChI is InChI=1S/C12H7N3/c13-8-10-4-3-5-12(11(10)9-14)15-6-1-2-7-15/h1-7H. The Morgan fingerprint density at radius 3 is 2.27 bits per heavy atom. The van der Waals surface area contributed by atoms with Crippen LogP contribution in [0.3, 0.4) is 0 Å². The van der Waals surface area contributed by atoms with E-state index in [2.05, 4.69) is 6.07 Å². The molecule has 3 heteroatoms. The van der Waals surface area contributed by atoms with Gasteiger partial charge in [0, 0.05) is 12.4 Å². The molecule has 0 fully saturated rings. The predicted molar refractivity (Wildman–Crippen MR) is 55.2 cm³/mol. The zero-order chi connectivity index (χ0) is 10.7. The summed E-state index contributed by atoms with van der Waals surface area (Å²) in [6.07, 6.45) is 3.69. The van der Waals surface area contributed by atoms with Gasteiger partial charge in [0.05, 0.1) is 16.8 Å². The highest BCUT2D eigenvalue weighted by molar-refractivity contribution is 5.57. The van der Waals surface area contributed by atoms with Crippen LogP contribution in [0.5, 0.6) is 0 Å². The van der Waals surface area contributed by atoms with Crippen molar-refractivity contribution in [2.45, 2.75) is 0 Å². The Hall–Kier alpha value is -2.52. The molecular formula is C12H7N3. The van der Waals surface area contributed by atoms with Gasteiger partial charge < -0.3 is 4.57 Å². The fourth-order valence-electron chi connectivity index (χ4n) is 1.46. The smallest absolute Gasteiger partial charge is 0.103 e. The SMILES string of the molecule is N#Cc1cccc(-n2cccc2)c1C#N. The monoisotopic (exact) mass is 193 g/mol. The van der Waals surface area contributed by atoms with Crippen molar-refractivity contribution < 1.29 is 0 Å². The summed E-state index contributed by atoms with van der Waals surface area (Å²) in [6.45, 7) is 0. The Kier molecular flexibility index (Phi) is 2.23. The van der Waals surface area contributed by atoms with Crippen LogP contribution < -0.4 is 0 Å². The summed E-state index contributed by atoms with van der Waals surface area (Å²) in [5.74, 6) is 0. The third kappa shape index (κ3) is 1.47. The second kappa shape index (κ2) is 3.69. The fourth-order valence-corrected chi connectivity index (χ4v) is 1.46. The molecule has 1 heterocycles. The average Bonchev–Trinajstić information content (AvgIpc) is 2.81. The summed E-state index contributed by atoms with van der Waals surface area (Å²) in [6, 6.07) is 13.1. The van der Waals surface area contributed by atoms with Crippen molar-refractivity contribution in [2.75, 3.05) is 0 Å². The van der Waals surface area contributed by atoms with E-state index in [0.717, 1.165) is 5.69 Å². The van der Waals surface area contributed by atoms with Gasteiger partial charge in [0.1, 0.15) is 12.1 Å². The first-order valence-corrected chi connectivity index (χ1v) is 4.43. The maximum Gasteiger partial charge on any atom is 0.103 e. The number of rotatable bonds is 1. The van der Waals surface area contributed by atoms with Gasteiger partial charge in [-0.2, -0.15) is 10.5 Å². The molecule has 0 aliphatic rings. The first-order chi connectivity index (χ1) is 7.36. The van der Waals surface area contributed by atoms with Crippen LogP contribution in [0.1, 0.15) is 11.1 Å². The third-order valence-electron chi connectivity index (χ3n) is 2.16. The summed E-state index contributed by atoms with van der Waals surface area (Å²) >= 11 is 0. The van der Waals surface area contributed by atoms with Gasteiger partial charge in [-0.25, -0.2) is 0 Å². The van der Waals surface area contributed by atoms with Crippen molar-refractivity contribution in [3.05, 3.63) is 53.9 Å². The zero-order valence-corrected chi connectivity index (χ0v) is 7.88. The molecule has 2 rings (SSSR count). The van der Waals surface area contributed by atoms with Crippen LogP contribution in [-0.4, -0.2) is 4.57 Å². The molecule has 1 aromatic heterocycles. The number of hydrogen-bond donors (Lipinski definition) is 0. The van der Waals surface area contributed by atoms with E-state index in [1.165, 1.54) is 0 Å². The number of aromatic nitrogens is 1. The number of nitrogens with zero attached hydrogens (tertiary/aromatic N) is 3. The molecular weight excluding hydrogens is 186 g/mol. The van der Waals surface area contributed by atoms with Gasteiger partial charge >= 0.3 is 0 Å². The Morgan fingerprint density at radius 2 is 1.67 bits per heavy atom. The molecule has 15 heavy (non-hydrogen) atoms. The Balaban J connectivity index is 2.70. The molecule has 0 amide bonds. The van der Waals surface area contributed by atoms with Crippen LogP contribution >= 0.6 is 0 Å². The lowest BCUT2D eigenvalue weighted by Gasteiger charge is -2.05. The molecule has 0 spiro atoms. The third-order valence-corrected chi connectivity index (χ3v) is 2.16. The van der Waals surface area contributed by atoms with Gasteiger partial charge in [-0.3, -0.25) is 0 Å². The highest BCUT2D eigenvalue weighted by atomic mass is 14.9. The van der Waals surface area contributed by atoms with Crippen LogP contribution in [-0.2, 0) is 0 Å². The molecule has 0 unspecified atom stereocenters. The summed E-state index contributed by atoms with van der Waals surface area (Å²) in [5, 5.41) is 17.9. The molecule has 0 aliphatic heterocycles. The van der Waals surface area contributed by atoms with Crippen LogP contribution in [0.4, 0.5) is 0 Å². The van der Waals surface area contributed by atoms with E-state index in [0.29, 0.717) is 11.1 Å². The van der Waals surface area contributed by atoms with Gasteiger partial charge in [0.15, 0.2) is 0 Å². The van der Waals surface area contributed by atoms with Crippen LogP contribution in [0.2, 0.25) is 0 Å². The number of nitriles is 2. The molecule has 2 aromatic rings. The largest absolute Gasteiger partial charge is 0.323 e. The first-order valence-electron chi connectivity index (χ1n) is 4.43. The lowest BCUT2D eigenvalue weighted by molar-refractivity contribution is 1.07. The minimum atomic E-state index is 0.406. The average molecular weight is 193 g/mol. The van der Waals surface area contributed by atoms with Crippen molar-refractivity contribution in [2.24, 2.45) is 0 Å². The summed E-state index contributed by atoms with van der Waals surface area (Å²) in [5.41, 5.74) is 1.56. The molecule has 0 N–H and O–H groups in total. The van der Waals surface area contributed by atoms with Crippen molar-refractivity contribution >= 4 is 0 Å². The van der Waals surface area contributed by atoms with Crippen molar-refractivity contribution in [3.63, 3.8) is 0 Å². The van der Waals surface area contributed by atoms with Crippen LogP contribution in [0.15, 0.2) is 42.7 Å². The quantitative estimate of drug-likeness (QED) is 0.697. The van der Waals surface area contributed by atoms with E-state index >= 15 is 0 Å². The summed E-state index contributed by atoms with van der Waals surface area (Å²) < 4.78 is 1.82. The Morgan fingerprint density at radius 1 is 0.933 bits per heavy atom. The van der Waals surface area contributed by atoms with Crippen LogP contribution in [0, 0.1) is 22.7 Å². The highest BCUT2D eigenvalue weighted by Gasteiger charge is 2.07. The van der Waals surface area contributed by atoms with E-state index in [1.807, 2.05) is 41.2 Å². The number of hydrogen-bond acceptors (Lipinski definition) is 2. The van der Waals surface area contributed by atoms with Crippen LogP contribution in [0.25, 0.3) is 5.69 Å².